The van der Waals surface area contributed by atoms with E-state index in [9.17, 15) is 14.4 Å². The Morgan fingerprint density at radius 1 is 1.04 bits per heavy atom. The summed E-state index contributed by atoms with van der Waals surface area (Å²) in [4.78, 5) is 39.3. The molecule has 0 unspecified atom stereocenters. The van der Waals surface area contributed by atoms with Gasteiger partial charge < -0.3 is 14.8 Å². The highest BCUT2D eigenvalue weighted by Gasteiger charge is 2.15. The quantitative estimate of drug-likeness (QED) is 0.816. The lowest BCUT2D eigenvalue weighted by Crippen LogP contribution is -2.22. The maximum atomic E-state index is 11.9. The molecule has 24 heavy (non-hydrogen) atoms. The molecule has 0 radical (unpaired) electrons. The first kappa shape index (κ1) is 17.1. The van der Waals surface area contributed by atoms with Gasteiger partial charge in [-0.05, 0) is 31.2 Å². The Morgan fingerprint density at radius 3 is 2.54 bits per heavy atom. The molecule has 124 valence electrons. The van der Waals surface area contributed by atoms with Crippen molar-refractivity contribution in [1.82, 2.24) is 4.98 Å². The zero-order valence-corrected chi connectivity index (χ0v) is 13.0. The summed E-state index contributed by atoms with van der Waals surface area (Å²) in [5.41, 5.74) is 0.766. The van der Waals surface area contributed by atoms with Crippen molar-refractivity contribution in [1.29, 1.82) is 0 Å². The van der Waals surface area contributed by atoms with Crippen LogP contribution in [0.4, 0.5) is 5.69 Å². The van der Waals surface area contributed by atoms with Crippen molar-refractivity contribution >= 4 is 23.5 Å². The minimum atomic E-state index is -0.656. The fourth-order valence-electron chi connectivity index (χ4n) is 1.86. The third-order valence-corrected chi connectivity index (χ3v) is 2.93. The van der Waals surface area contributed by atoms with E-state index in [1.165, 1.54) is 24.5 Å². The van der Waals surface area contributed by atoms with Crippen LogP contribution in [0.2, 0.25) is 0 Å². The summed E-state index contributed by atoms with van der Waals surface area (Å²) < 4.78 is 9.83. The third kappa shape index (κ3) is 4.64. The molecule has 0 bridgehead atoms. The number of amides is 1. The van der Waals surface area contributed by atoms with Crippen molar-refractivity contribution in [3.8, 4) is 0 Å². The van der Waals surface area contributed by atoms with E-state index in [0.717, 1.165) is 0 Å². The van der Waals surface area contributed by atoms with Gasteiger partial charge >= 0.3 is 11.9 Å². The highest BCUT2D eigenvalue weighted by molar-refractivity contribution is 6.02. The largest absolute Gasteiger partial charge is 0.462 e. The van der Waals surface area contributed by atoms with E-state index in [4.69, 9.17) is 9.47 Å². The molecule has 7 nitrogen and oxygen atoms in total. The van der Waals surface area contributed by atoms with Crippen molar-refractivity contribution in [2.75, 3.05) is 18.5 Å². The Kier molecular flexibility index (Phi) is 6.01. The standard InChI is InChI=1S/C17H16N2O5/c1-2-23-17(22)13-7-3-4-8-14(13)19-15(20)11-24-16(21)12-6-5-9-18-10-12/h3-10H,2,11H2,1H3,(H,19,20). The summed E-state index contributed by atoms with van der Waals surface area (Å²) in [5, 5.41) is 2.52. The van der Waals surface area contributed by atoms with Crippen LogP contribution < -0.4 is 5.32 Å². The van der Waals surface area contributed by atoms with Gasteiger partial charge in [0.1, 0.15) is 0 Å². The number of anilines is 1. The molecule has 1 amide bonds. The second-order valence-corrected chi connectivity index (χ2v) is 4.63. The van der Waals surface area contributed by atoms with Gasteiger partial charge in [0.25, 0.3) is 5.91 Å². The Bertz CT molecular complexity index is 731. The van der Waals surface area contributed by atoms with E-state index in [1.54, 1.807) is 31.2 Å². The summed E-state index contributed by atoms with van der Waals surface area (Å²) in [5.74, 6) is -1.76. The lowest BCUT2D eigenvalue weighted by atomic mass is 10.2. The van der Waals surface area contributed by atoms with Gasteiger partial charge in [0, 0.05) is 12.4 Å². The first-order valence-electron chi connectivity index (χ1n) is 7.25. The van der Waals surface area contributed by atoms with Gasteiger partial charge in [-0.2, -0.15) is 0 Å². The Morgan fingerprint density at radius 2 is 1.83 bits per heavy atom. The van der Waals surface area contributed by atoms with Crippen LogP contribution in [0.25, 0.3) is 0 Å². The molecular formula is C17H16N2O5. The Labute approximate surface area is 138 Å². The SMILES string of the molecule is CCOC(=O)c1ccccc1NC(=O)COC(=O)c1cccnc1. The smallest absolute Gasteiger partial charge is 0.340 e. The zero-order valence-electron chi connectivity index (χ0n) is 13.0. The number of ether oxygens (including phenoxy) is 2. The third-order valence-electron chi connectivity index (χ3n) is 2.93. The number of carbonyl (C=O) groups is 3. The second-order valence-electron chi connectivity index (χ2n) is 4.63. The van der Waals surface area contributed by atoms with E-state index in [1.807, 2.05) is 0 Å². The number of rotatable bonds is 6. The van der Waals surface area contributed by atoms with Crippen LogP contribution in [-0.2, 0) is 14.3 Å². The molecule has 1 N–H and O–H groups in total. The number of esters is 2. The second kappa shape index (κ2) is 8.42. The molecule has 0 fully saturated rings. The highest BCUT2D eigenvalue weighted by atomic mass is 16.5. The zero-order chi connectivity index (χ0) is 17.4. The summed E-state index contributed by atoms with van der Waals surface area (Å²) in [7, 11) is 0. The van der Waals surface area contributed by atoms with Gasteiger partial charge in [-0.25, -0.2) is 9.59 Å². The van der Waals surface area contributed by atoms with Crippen molar-refractivity contribution in [3.63, 3.8) is 0 Å². The van der Waals surface area contributed by atoms with Gasteiger partial charge in [0.2, 0.25) is 0 Å². The first-order chi connectivity index (χ1) is 11.6. The number of benzene rings is 1. The van der Waals surface area contributed by atoms with Crippen LogP contribution in [0, 0.1) is 0 Å². The Balaban J connectivity index is 1.95. The monoisotopic (exact) mass is 328 g/mol. The number of aromatic nitrogens is 1. The van der Waals surface area contributed by atoms with Gasteiger partial charge in [-0.3, -0.25) is 9.78 Å². The average molecular weight is 328 g/mol. The topological polar surface area (TPSA) is 94.6 Å². The van der Waals surface area contributed by atoms with Gasteiger partial charge in [0.05, 0.1) is 23.4 Å². The van der Waals surface area contributed by atoms with Gasteiger partial charge in [-0.1, -0.05) is 12.1 Å². The van der Waals surface area contributed by atoms with Crippen molar-refractivity contribution in [2.24, 2.45) is 0 Å². The molecule has 0 spiro atoms. The molecule has 0 saturated carbocycles. The predicted octanol–water partition coefficient (Wildman–Crippen LogP) is 2.05. The van der Waals surface area contributed by atoms with Crippen molar-refractivity contribution < 1.29 is 23.9 Å². The molecule has 0 aliphatic carbocycles. The molecule has 0 atom stereocenters. The number of pyridine rings is 1. The van der Waals surface area contributed by atoms with E-state index >= 15 is 0 Å². The first-order valence-corrected chi connectivity index (χ1v) is 7.25. The molecular weight excluding hydrogens is 312 g/mol. The van der Waals surface area contributed by atoms with Gasteiger partial charge in [-0.15, -0.1) is 0 Å². The fourth-order valence-corrected chi connectivity index (χ4v) is 1.86. The number of nitrogens with one attached hydrogen (secondary N) is 1. The van der Waals surface area contributed by atoms with Crippen LogP contribution in [0.5, 0.6) is 0 Å². The normalized spacial score (nSPS) is 9.88. The summed E-state index contributed by atoms with van der Waals surface area (Å²) in [6, 6.07) is 9.54. The number of carbonyl (C=O) groups excluding carboxylic acids is 3. The molecule has 2 rings (SSSR count). The lowest BCUT2D eigenvalue weighted by molar-refractivity contribution is -0.119. The van der Waals surface area contributed by atoms with E-state index in [0.29, 0.717) is 5.69 Å². The number of para-hydroxylation sites is 1. The number of hydrogen-bond donors (Lipinski definition) is 1. The van der Waals surface area contributed by atoms with Crippen molar-refractivity contribution in [2.45, 2.75) is 6.92 Å². The van der Waals surface area contributed by atoms with Crippen molar-refractivity contribution in [3.05, 3.63) is 59.9 Å². The summed E-state index contributed by atoms with van der Waals surface area (Å²) in [6.07, 6.45) is 2.87. The van der Waals surface area contributed by atoms with Crippen LogP contribution in [0.1, 0.15) is 27.6 Å². The molecule has 7 heteroatoms. The minimum Gasteiger partial charge on any atom is -0.462 e. The molecule has 0 aliphatic heterocycles. The van der Waals surface area contributed by atoms with Crippen LogP contribution in [0.3, 0.4) is 0 Å². The number of hydrogen-bond acceptors (Lipinski definition) is 6. The highest BCUT2D eigenvalue weighted by Crippen LogP contribution is 2.16. The molecule has 2 aromatic rings. The van der Waals surface area contributed by atoms with Crippen LogP contribution >= 0.6 is 0 Å². The Hall–Kier alpha value is -3.22. The molecule has 1 aromatic carbocycles. The fraction of sp³-hybridized carbons (Fsp3) is 0.176. The van der Waals surface area contributed by atoms with E-state index < -0.39 is 24.5 Å². The van der Waals surface area contributed by atoms with E-state index in [2.05, 4.69) is 10.3 Å². The average Bonchev–Trinajstić information content (AvgIpc) is 2.61. The summed E-state index contributed by atoms with van der Waals surface area (Å²) >= 11 is 0. The van der Waals surface area contributed by atoms with E-state index in [-0.39, 0.29) is 17.7 Å². The maximum Gasteiger partial charge on any atom is 0.340 e. The van der Waals surface area contributed by atoms with Gasteiger partial charge in [0.15, 0.2) is 6.61 Å². The molecule has 0 saturated heterocycles. The molecule has 0 aliphatic rings. The van der Waals surface area contributed by atoms with Crippen LogP contribution in [0.15, 0.2) is 48.8 Å². The lowest BCUT2D eigenvalue weighted by Gasteiger charge is -2.10. The molecule has 1 heterocycles. The maximum absolute atomic E-state index is 11.9. The predicted molar refractivity (Wildman–Crippen MR) is 85.5 cm³/mol. The molecule has 1 aromatic heterocycles. The summed E-state index contributed by atoms with van der Waals surface area (Å²) in [6.45, 7) is 1.44. The van der Waals surface area contributed by atoms with Crippen LogP contribution in [-0.4, -0.2) is 36.0 Å². The minimum absolute atomic E-state index is 0.226. The number of nitrogens with zero attached hydrogens (tertiary/aromatic N) is 1.